The quantitative estimate of drug-likeness (QED) is 0.155. The summed E-state index contributed by atoms with van der Waals surface area (Å²) in [7, 11) is 0. The number of fused-ring (bicyclic) bond motifs is 9. The van der Waals surface area contributed by atoms with Crippen LogP contribution in [-0.4, -0.2) is 9.13 Å². The van der Waals surface area contributed by atoms with Gasteiger partial charge in [0.15, 0.2) is 0 Å². The largest absolute Gasteiger partial charge is 0.309 e. The highest BCUT2D eigenvalue weighted by molar-refractivity contribution is 7.26. The zero-order valence-corrected chi connectivity index (χ0v) is 32.2. The van der Waals surface area contributed by atoms with Gasteiger partial charge in [-0.25, -0.2) is 0 Å². The molecule has 0 radical (unpaired) electrons. The first kappa shape index (κ1) is 32.6. The van der Waals surface area contributed by atoms with Crippen molar-refractivity contribution >= 4 is 75.1 Å². The summed E-state index contributed by atoms with van der Waals surface area (Å²) in [6.07, 6.45) is 8.44. The van der Waals surface area contributed by atoms with Crippen LogP contribution in [0.3, 0.4) is 0 Å². The van der Waals surface area contributed by atoms with Gasteiger partial charge < -0.3 is 9.13 Å². The Morgan fingerprint density at radius 1 is 0.456 bits per heavy atom. The molecule has 0 spiro atoms. The van der Waals surface area contributed by atoms with E-state index in [0.29, 0.717) is 5.92 Å². The van der Waals surface area contributed by atoms with Crippen molar-refractivity contribution in [1.29, 1.82) is 0 Å². The molecule has 3 heterocycles. The summed E-state index contributed by atoms with van der Waals surface area (Å²) in [5, 5.41) is 7.70. The fraction of sp³-hybridized carbons (Fsp3) is 0.0741. The highest BCUT2D eigenvalue weighted by Gasteiger charge is 2.21. The molecule has 11 aromatic rings. The van der Waals surface area contributed by atoms with Crippen LogP contribution < -0.4 is 0 Å². The van der Waals surface area contributed by atoms with Crippen LogP contribution in [0.2, 0.25) is 0 Å². The van der Waals surface area contributed by atoms with Crippen molar-refractivity contribution in [2.75, 3.05) is 0 Å². The standard InChI is InChI=1S/C54H38N2S/c1-3-15-35(16-4-1)36-17-13-18-37(31-36)45-33-40(34-47-43-22-9-12-28-52(43)57-54(45)47)56-49-26-11-8-23-44(49)53-41(24-14-27-51(53)56)38-29-30-50-46(32-38)42-21-7-10-25-48(42)55(50)39-19-5-2-6-20-39/h2-3,5-15,17-35H,1,4,16H2. The van der Waals surface area contributed by atoms with Crippen LogP contribution in [0.15, 0.2) is 188 Å². The molecule has 0 N–H and O–H groups in total. The van der Waals surface area contributed by atoms with E-state index in [9.17, 15) is 0 Å². The molecular formula is C54H38N2S. The molecule has 2 nitrogen and oxygen atoms in total. The Morgan fingerprint density at radius 3 is 2.02 bits per heavy atom. The minimum absolute atomic E-state index is 0.477. The second-order valence-electron chi connectivity index (χ2n) is 15.5. The molecule has 3 heteroatoms. The zero-order chi connectivity index (χ0) is 37.5. The average molecular weight is 747 g/mol. The van der Waals surface area contributed by atoms with Crippen molar-refractivity contribution < 1.29 is 0 Å². The number of hydrogen-bond acceptors (Lipinski definition) is 1. The van der Waals surface area contributed by atoms with E-state index in [2.05, 4.69) is 197 Å². The number of hydrogen-bond donors (Lipinski definition) is 0. The minimum Gasteiger partial charge on any atom is -0.309 e. The smallest absolute Gasteiger partial charge is 0.0547 e. The third-order valence-corrected chi connectivity index (χ3v) is 13.5. The van der Waals surface area contributed by atoms with Crippen molar-refractivity contribution in [3.05, 3.63) is 194 Å². The van der Waals surface area contributed by atoms with Gasteiger partial charge in [0.25, 0.3) is 0 Å². The lowest BCUT2D eigenvalue weighted by Gasteiger charge is -2.18. The maximum absolute atomic E-state index is 2.51. The molecule has 0 amide bonds. The fourth-order valence-corrected chi connectivity index (χ4v) is 10.9. The first-order valence-electron chi connectivity index (χ1n) is 20.1. The molecule has 1 aliphatic rings. The lowest BCUT2D eigenvalue weighted by molar-refractivity contribution is 0.654. The van der Waals surface area contributed by atoms with Crippen molar-refractivity contribution in [2.45, 2.75) is 25.2 Å². The van der Waals surface area contributed by atoms with Gasteiger partial charge >= 0.3 is 0 Å². The normalized spacial score (nSPS) is 14.6. The van der Waals surface area contributed by atoms with Crippen molar-refractivity contribution in [3.63, 3.8) is 0 Å². The third-order valence-electron chi connectivity index (χ3n) is 12.3. The Morgan fingerprint density at radius 2 is 1.16 bits per heavy atom. The Balaban J connectivity index is 1.10. The molecule has 0 saturated heterocycles. The van der Waals surface area contributed by atoms with Gasteiger partial charge in [-0.3, -0.25) is 0 Å². The van der Waals surface area contributed by atoms with E-state index >= 15 is 0 Å². The number of thiophene rings is 1. The van der Waals surface area contributed by atoms with E-state index in [4.69, 9.17) is 0 Å². The maximum atomic E-state index is 2.51. The van der Waals surface area contributed by atoms with Gasteiger partial charge in [0.2, 0.25) is 0 Å². The number of allylic oxidation sites excluding steroid dienone is 2. The fourth-order valence-electron chi connectivity index (χ4n) is 9.72. The lowest BCUT2D eigenvalue weighted by Crippen LogP contribution is -1.99. The number of aromatic nitrogens is 2. The van der Waals surface area contributed by atoms with Crippen LogP contribution in [0, 0.1) is 0 Å². The van der Waals surface area contributed by atoms with Crippen LogP contribution in [0.1, 0.15) is 30.7 Å². The van der Waals surface area contributed by atoms with E-state index in [0.717, 1.165) is 0 Å². The highest BCUT2D eigenvalue weighted by atomic mass is 32.1. The molecule has 57 heavy (non-hydrogen) atoms. The summed E-state index contributed by atoms with van der Waals surface area (Å²) in [4.78, 5) is 0. The highest BCUT2D eigenvalue weighted by Crippen LogP contribution is 2.45. The third kappa shape index (κ3) is 5.09. The number of para-hydroxylation sites is 3. The summed E-state index contributed by atoms with van der Waals surface area (Å²) >= 11 is 1.91. The number of benzene rings is 8. The van der Waals surface area contributed by atoms with Crippen LogP contribution in [0.25, 0.3) is 97.4 Å². The van der Waals surface area contributed by atoms with Crippen LogP contribution in [0.5, 0.6) is 0 Å². The number of rotatable bonds is 5. The van der Waals surface area contributed by atoms with Gasteiger partial charge in [-0.15, -0.1) is 11.3 Å². The predicted molar refractivity (Wildman–Crippen MR) is 245 cm³/mol. The Bertz CT molecular complexity index is 3390. The van der Waals surface area contributed by atoms with Gasteiger partial charge in [-0.05, 0) is 102 Å². The van der Waals surface area contributed by atoms with Gasteiger partial charge in [-0.2, -0.15) is 0 Å². The van der Waals surface area contributed by atoms with E-state index in [1.165, 1.54) is 122 Å². The second-order valence-corrected chi connectivity index (χ2v) is 16.6. The average Bonchev–Trinajstić information content (AvgIpc) is 3.94. The van der Waals surface area contributed by atoms with Crippen molar-refractivity contribution in [1.82, 2.24) is 9.13 Å². The maximum Gasteiger partial charge on any atom is 0.0547 e. The molecule has 0 saturated carbocycles. The molecule has 12 rings (SSSR count). The Labute approximate surface area is 335 Å². The summed E-state index contributed by atoms with van der Waals surface area (Å²) < 4.78 is 7.58. The van der Waals surface area contributed by atoms with E-state index in [1.54, 1.807) is 0 Å². The number of nitrogens with zero attached hydrogens (tertiary/aromatic N) is 2. The Hall–Kier alpha value is -6.68. The first-order valence-corrected chi connectivity index (χ1v) is 20.9. The van der Waals surface area contributed by atoms with E-state index in [-0.39, 0.29) is 0 Å². The van der Waals surface area contributed by atoms with Gasteiger partial charge in [-0.1, -0.05) is 127 Å². The summed E-state index contributed by atoms with van der Waals surface area (Å²) in [6, 6.07) is 65.5. The van der Waals surface area contributed by atoms with E-state index in [1.807, 2.05) is 11.3 Å². The minimum atomic E-state index is 0.477. The van der Waals surface area contributed by atoms with Gasteiger partial charge in [0, 0.05) is 64.6 Å². The van der Waals surface area contributed by atoms with Gasteiger partial charge in [0.1, 0.15) is 0 Å². The summed E-state index contributed by atoms with van der Waals surface area (Å²) in [6.45, 7) is 0. The summed E-state index contributed by atoms with van der Waals surface area (Å²) in [5.74, 6) is 0.477. The van der Waals surface area contributed by atoms with Crippen LogP contribution >= 0.6 is 11.3 Å². The molecule has 3 aromatic heterocycles. The van der Waals surface area contributed by atoms with Gasteiger partial charge in [0.05, 0.1) is 22.1 Å². The molecular weight excluding hydrogens is 709 g/mol. The second kappa shape index (κ2) is 12.9. The molecule has 0 aliphatic heterocycles. The monoisotopic (exact) mass is 746 g/mol. The summed E-state index contributed by atoms with van der Waals surface area (Å²) in [5.41, 5.74) is 13.7. The lowest BCUT2D eigenvalue weighted by atomic mass is 9.87. The molecule has 1 aliphatic carbocycles. The van der Waals surface area contributed by atoms with Crippen LogP contribution in [0.4, 0.5) is 0 Å². The first-order chi connectivity index (χ1) is 28.3. The van der Waals surface area contributed by atoms with E-state index < -0.39 is 0 Å². The molecule has 270 valence electrons. The molecule has 0 bridgehead atoms. The van der Waals surface area contributed by atoms with Crippen LogP contribution in [-0.2, 0) is 0 Å². The topological polar surface area (TPSA) is 9.86 Å². The predicted octanol–water partition coefficient (Wildman–Crippen LogP) is 15.4. The van der Waals surface area contributed by atoms with Crippen molar-refractivity contribution in [2.24, 2.45) is 0 Å². The Kier molecular flexibility index (Phi) is 7.39. The molecule has 0 fully saturated rings. The molecule has 1 atom stereocenters. The molecule has 8 aromatic carbocycles. The molecule has 1 unspecified atom stereocenters. The SMILES string of the molecule is C1=CC(c2cccc(-c3cc(-n4c5ccccc5c5c(-c6ccc7c(c6)c6ccccc6n7-c6ccccc6)cccc54)cc4c3sc3ccccc34)c2)CCC1. The zero-order valence-electron chi connectivity index (χ0n) is 31.4. The van der Waals surface area contributed by atoms with Crippen molar-refractivity contribution in [3.8, 4) is 33.6 Å².